The van der Waals surface area contributed by atoms with Gasteiger partial charge in [0.2, 0.25) is 11.8 Å². The van der Waals surface area contributed by atoms with Crippen LogP contribution in [0.25, 0.3) is 11.4 Å². The Hall–Kier alpha value is -2.23. The fourth-order valence-corrected chi connectivity index (χ4v) is 2.42. The number of nitrogens with two attached hydrogens (primary N) is 1. The van der Waals surface area contributed by atoms with Crippen LogP contribution in [-0.4, -0.2) is 39.7 Å². The molecule has 0 spiro atoms. The van der Waals surface area contributed by atoms with Gasteiger partial charge in [0, 0.05) is 25.5 Å². The van der Waals surface area contributed by atoms with E-state index in [1.54, 1.807) is 0 Å². The lowest BCUT2D eigenvalue weighted by Gasteiger charge is -2.31. The molecule has 0 unspecified atom stereocenters. The maximum atomic E-state index is 12.4. The first-order chi connectivity index (χ1) is 11.0. The summed E-state index contributed by atoms with van der Waals surface area (Å²) >= 11 is 0. The molecule has 1 aliphatic rings. The van der Waals surface area contributed by atoms with Crippen LogP contribution in [0.15, 0.2) is 16.9 Å². The summed E-state index contributed by atoms with van der Waals surface area (Å²) in [6.07, 6.45) is 0.0624. The first-order valence-corrected chi connectivity index (χ1v) is 7.15. The highest BCUT2D eigenvalue weighted by Crippen LogP contribution is 2.29. The summed E-state index contributed by atoms with van der Waals surface area (Å²) < 4.78 is 41.5. The highest BCUT2D eigenvalue weighted by molar-refractivity contribution is 5.52. The van der Waals surface area contributed by atoms with Crippen molar-refractivity contribution < 1.29 is 17.7 Å². The molecule has 3 heterocycles. The molecule has 3 rings (SSSR count). The Balaban J connectivity index is 1.71. The highest BCUT2D eigenvalue weighted by atomic mass is 19.4. The predicted octanol–water partition coefficient (Wildman–Crippen LogP) is 1.72. The normalized spacial score (nSPS) is 16.8. The van der Waals surface area contributed by atoms with E-state index in [0.29, 0.717) is 18.4 Å². The Bertz CT molecular complexity index is 648. The number of halogens is 3. The van der Waals surface area contributed by atoms with E-state index in [-0.39, 0.29) is 11.4 Å². The van der Waals surface area contributed by atoms with E-state index in [0.717, 1.165) is 25.9 Å². The minimum Gasteiger partial charge on any atom is -0.341 e. The van der Waals surface area contributed by atoms with Crippen molar-refractivity contribution in [2.75, 3.05) is 24.5 Å². The molecule has 0 aliphatic carbocycles. The number of piperidine rings is 1. The van der Waals surface area contributed by atoms with Gasteiger partial charge in [0.25, 0.3) is 0 Å². The molecule has 23 heavy (non-hydrogen) atoms. The van der Waals surface area contributed by atoms with Crippen LogP contribution in [0.5, 0.6) is 0 Å². The molecule has 0 amide bonds. The van der Waals surface area contributed by atoms with Gasteiger partial charge in [-0.15, -0.1) is 0 Å². The molecule has 10 heteroatoms. The van der Waals surface area contributed by atoms with Crippen LogP contribution in [0.3, 0.4) is 0 Å². The number of hydrogen-bond donors (Lipinski definition) is 1. The van der Waals surface area contributed by atoms with Crippen LogP contribution in [0, 0.1) is 5.92 Å². The fraction of sp³-hybridized carbons (Fsp3) is 0.538. The third kappa shape index (κ3) is 3.41. The average Bonchev–Trinajstić information content (AvgIpc) is 3.05. The van der Waals surface area contributed by atoms with Crippen molar-refractivity contribution in [1.82, 2.24) is 20.1 Å². The first-order valence-electron chi connectivity index (χ1n) is 7.15. The van der Waals surface area contributed by atoms with Crippen molar-refractivity contribution in [3.63, 3.8) is 0 Å². The Labute approximate surface area is 129 Å². The van der Waals surface area contributed by atoms with Crippen molar-refractivity contribution >= 4 is 5.95 Å². The SMILES string of the molecule is NCC1CCN(c2ncc(-c3noc(C(F)(F)F)n3)cn2)CC1. The number of rotatable bonds is 3. The number of anilines is 1. The van der Waals surface area contributed by atoms with Gasteiger partial charge in [-0.1, -0.05) is 5.16 Å². The minimum absolute atomic E-state index is 0.189. The smallest absolute Gasteiger partial charge is 0.341 e. The number of hydrogen-bond acceptors (Lipinski definition) is 7. The summed E-state index contributed by atoms with van der Waals surface area (Å²) in [6.45, 7) is 2.29. The van der Waals surface area contributed by atoms with Gasteiger partial charge in [0.15, 0.2) is 0 Å². The van der Waals surface area contributed by atoms with Gasteiger partial charge >= 0.3 is 12.1 Å². The molecule has 1 fully saturated rings. The number of alkyl halides is 3. The molecular formula is C13H15F3N6O. The van der Waals surface area contributed by atoms with Crippen LogP contribution in [0.4, 0.5) is 19.1 Å². The quantitative estimate of drug-likeness (QED) is 0.916. The number of aromatic nitrogens is 4. The second kappa shape index (κ2) is 6.11. The third-order valence-corrected chi connectivity index (χ3v) is 3.80. The zero-order valence-electron chi connectivity index (χ0n) is 12.1. The van der Waals surface area contributed by atoms with E-state index in [1.807, 2.05) is 4.90 Å². The van der Waals surface area contributed by atoms with Crippen molar-refractivity contribution in [3.8, 4) is 11.4 Å². The van der Waals surface area contributed by atoms with E-state index < -0.39 is 12.1 Å². The maximum Gasteiger partial charge on any atom is 0.471 e. The predicted molar refractivity (Wildman–Crippen MR) is 74.3 cm³/mol. The maximum absolute atomic E-state index is 12.4. The zero-order valence-corrected chi connectivity index (χ0v) is 12.1. The topological polar surface area (TPSA) is 94.0 Å². The molecule has 0 radical (unpaired) electrons. The third-order valence-electron chi connectivity index (χ3n) is 3.80. The molecule has 1 saturated heterocycles. The molecule has 0 saturated carbocycles. The summed E-state index contributed by atoms with van der Waals surface area (Å²) in [5.74, 6) is -0.527. The summed E-state index contributed by atoms with van der Waals surface area (Å²) in [7, 11) is 0. The Morgan fingerprint density at radius 1 is 1.22 bits per heavy atom. The van der Waals surface area contributed by atoms with Crippen LogP contribution >= 0.6 is 0 Å². The Morgan fingerprint density at radius 3 is 2.39 bits per heavy atom. The summed E-state index contributed by atoms with van der Waals surface area (Å²) in [6, 6.07) is 0. The molecule has 2 aromatic heterocycles. The van der Waals surface area contributed by atoms with Gasteiger partial charge < -0.3 is 15.2 Å². The van der Waals surface area contributed by atoms with E-state index in [4.69, 9.17) is 5.73 Å². The minimum atomic E-state index is -4.67. The Morgan fingerprint density at radius 2 is 1.87 bits per heavy atom. The lowest BCUT2D eigenvalue weighted by molar-refractivity contribution is -0.159. The van der Waals surface area contributed by atoms with Gasteiger partial charge in [0.05, 0.1) is 5.56 Å². The largest absolute Gasteiger partial charge is 0.471 e. The van der Waals surface area contributed by atoms with Crippen LogP contribution in [0.1, 0.15) is 18.7 Å². The second-order valence-electron chi connectivity index (χ2n) is 5.36. The van der Waals surface area contributed by atoms with E-state index in [1.165, 1.54) is 12.4 Å². The molecule has 0 bridgehead atoms. The molecule has 1 aliphatic heterocycles. The molecule has 7 nitrogen and oxygen atoms in total. The molecule has 2 aromatic rings. The van der Waals surface area contributed by atoms with Crippen LogP contribution in [-0.2, 0) is 6.18 Å². The van der Waals surface area contributed by atoms with Gasteiger partial charge in [-0.25, -0.2) is 9.97 Å². The number of nitrogens with zero attached hydrogens (tertiary/aromatic N) is 5. The van der Waals surface area contributed by atoms with Crippen LogP contribution in [0.2, 0.25) is 0 Å². The van der Waals surface area contributed by atoms with Gasteiger partial charge in [-0.2, -0.15) is 18.2 Å². The molecule has 0 aromatic carbocycles. The fourth-order valence-electron chi connectivity index (χ4n) is 2.42. The molecular weight excluding hydrogens is 313 g/mol. The van der Waals surface area contributed by atoms with Crippen molar-refractivity contribution in [2.45, 2.75) is 19.0 Å². The van der Waals surface area contributed by atoms with Crippen molar-refractivity contribution in [2.24, 2.45) is 11.7 Å². The molecule has 124 valence electrons. The zero-order chi connectivity index (χ0) is 16.4. The molecule has 0 atom stereocenters. The van der Waals surface area contributed by atoms with Gasteiger partial charge in [-0.05, 0) is 25.3 Å². The molecule has 2 N–H and O–H groups in total. The summed E-state index contributed by atoms with van der Waals surface area (Å²) in [4.78, 5) is 13.7. The van der Waals surface area contributed by atoms with Gasteiger partial charge in [0.1, 0.15) is 0 Å². The monoisotopic (exact) mass is 328 g/mol. The van der Waals surface area contributed by atoms with Crippen LogP contribution < -0.4 is 10.6 Å². The summed E-state index contributed by atoms with van der Waals surface area (Å²) in [5.41, 5.74) is 5.92. The van der Waals surface area contributed by atoms with Gasteiger partial charge in [-0.3, -0.25) is 0 Å². The second-order valence-corrected chi connectivity index (χ2v) is 5.36. The Kier molecular flexibility index (Phi) is 4.16. The van der Waals surface area contributed by atoms with E-state index in [2.05, 4.69) is 24.6 Å². The highest BCUT2D eigenvalue weighted by Gasteiger charge is 2.38. The lowest BCUT2D eigenvalue weighted by Crippen LogP contribution is -2.37. The van der Waals surface area contributed by atoms with E-state index >= 15 is 0 Å². The lowest BCUT2D eigenvalue weighted by atomic mass is 9.97. The average molecular weight is 328 g/mol. The van der Waals surface area contributed by atoms with Crippen molar-refractivity contribution in [3.05, 3.63) is 18.3 Å². The van der Waals surface area contributed by atoms with E-state index in [9.17, 15) is 13.2 Å². The standard InChI is InChI=1S/C13H15F3N6O/c14-13(15,16)11-20-10(21-23-11)9-6-18-12(19-7-9)22-3-1-8(5-17)2-4-22/h6-8H,1-5,17H2. The summed E-state index contributed by atoms with van der Waals surface area (Å²) in [5, 5.41) is 3.30. The van der Waals surface area contributed by atoms with Crippen molar-refractivity contribution in [1.29, 1.82) is 0 Å². The first kappa shape index (κ1) is 15.7.